The van der Waals surface area contributed by atoms with Gasteiger partial charge >= 0.3 is 0 Å². The fourth-order valence-electron chi connectivity index (χ4n) is 1.39. The van der Waals surface area contributed by atoms with Crippen LogP contribution in [0.3, 0.4) is 0 Å². The van der Waals surface area contributed by atoms with E-state index in [1.54, 1.807) is 25.3 Å². The summed E-state index contributed by atoms with van der Waals surface area (Å²) in [7, 11) is 1.56. The van der Waals surface area contributed by atoms with E-state index in [0.29, 0.717) is 24.5 Å². The fourth-order valence-corrected chi connectivity index (χ4v) is 1.75. The first-order chi connectivity index (χ1) is 9.04. The highest BCUT2D eigenvalue weighted by molar-refractivity contribution is 9.10. The molecule has 19 heavy (non-hydrogen) atoms. The number of benzene rings is 1. The Bertz CT molecular complexity index is 462. The van der Waals surface area contributed by atoms with Gasteiger partial charge in [0.05, 0.1) is 12.2 Å². The topological polar surface area (TPSA) is 64.6 Å². The molecule has 0 heterocycles. The molecule has 0 aliphatic heterocycles. The lowest BCUT2D eigenvalue weighted by Crippen LogP contribution is -2.31. The number of Topliss-reactive ketones (excluding diaryl/α,β-unsaturated/α-hetero) is 1. The zero-order valence-corrected chi connectivity index (χ0v) is 12.5. The maximum absolute atomic E-state index is 11.5. The average molecular weight is 330 g/mol. The second-order valence-electron chi connectivity index (χ2n) is 3.83. The Hall–Kier alpha value is -1.40. The van der Waals surface area contributed by atoms with Crippen LogP contribution < -0.4 is 10.1 Å². The highest BCUT2D eigenvalue weighted by atomic mass is 79.9. The third-order valence-electron chi connectivity index (χ3n) is 2.31. The van der Waals surface area contributed by atoms with Gasteiger partial charge in [-0.15, -0.1) is 0 Å². The molecule has 0 bridgehead atoms. The molecular formula is C13H16BrNO4. The van der Waals surface area contributed by atoms with Gasteiger partial charge in [0.15, 0.2) is 12.4 Å². The van der Waals surface area contributed by atoms with Gasteiger partial charge in [0, 0.05) is 18.1 Å². The number of amides is 1. The number of nitrogens with one attached hydrogen (secondary N) is 1. The van der Waals surface area contributed by atoms with E-state index in [1.165, 1.54) is 6.92 Å². The van der Waals surface area contributed by atoms with Crippen molar-refractivity contribution in [3.63, 3.8) is 0 Å². The molecule has 5 nitrogen and oxygen atoms in total. The first-order valence-corrected chi connectivity index (χ1v) is 6.53. The first-order valence-electron chi connectivity index (χ1n) is 5.73. The molecule has 1 aromatic rings. The number of hydrogen-bond acceptors (Lipinski definition) is 4. The molecule has 0 unspecified atom stereocenters. The molecule has 0 saturated carbocycles. The van der Waals surface area contributed by atoms with E-state index in [9.17, 15) is 9.59 Å². The van der Waals surface area contributed by atoms with Gasteiger partial charge in [0.25, 0.3) is 5.91 Å². The van der Waals surface area contributed by atoms with Crippen molar-refractivity contribution in [2.45, 2.75) is 6.92 Å². The molecule has 0 spiro atoms. The van der Waals surface area contributed by atoms with Gasteiger partial charge in [-0.1, -0.05) is 15.9 Å². The minimum absolute atomic E-state index is 0.115. The third kappa shape index (κ3) is 5.40. The van der Waals surface area contributed by atoms with Crippen LogP contribution in [0.4, 0.5) is 0 Å². The summed E-state index contributed by atoms with van der Waals surface area (Å²) in [5.74, 6) is 0.0307. The van der Waals surface area contributed by atoms with E-state index in [0.717, 1.165) is 4.47 Å². The summed E-state index contributed by atoms with van der Waals surface area (Å²) in [6.07, 6.45) is 0. The van der Waals surface area contributed by atoms with E-state index in [-0.39, 0.29) is 18.3 Å². The molecule has 0 aliphatic rings. The molecule has 1 N–H and O–H groups in total. The number of methoxy groups -OCH3 is 1. The second kappa shape index (κ2) is 7.91. The van der Waals surface area contributed by atoms with Crippen molar-refractivity contribution in [1.82, 2.24) is 5.32 Å². The quantitative estimate of drug-likeness (QED) is 0.612. The second-order valence-corrected chi connectivity index (χ2v) is 4.74. The molecular weight excluding hydrogens is 314 g/mol. The summed E-state index contributed by atoms with van der Waals surface area (Å²) in [5, 5.41) is 2.63. The lowest BCUT2D eigenvalue weighted by atomic mass is 10.1. The molecule has 0 radical (unpaired) electrons. The van der Waals surface area contributed by atoms with Crippen LogP contribution in [0, 0.1) is 0 Å². The van der Waals surface area contributed by atoms with E-state index >= 15 is 0 Å². The number of ether oxygens (including phenoxy) is 2. The van der Waals surface area contributed by atoms with Crippen LogP contribution in [0.2, 0.25) is 0 Å². The minimum Gasteiger partial charge on any atom is -0.483 e. The molecule has 0 atom stereocenters. The van der Waals surface area contributed by atoms with Crippen LogP contribution in [0.25, 0.3) is 0 Å². The maximum Gasteiger partial charge on any atom is 0.258 e. The molecule has 0 aliphatic carbocycles. The van der Waals surface area contributed by atoms with Crippen LogP contribution in [-0.2, 0) is 9.53 Å². The van der Waals surface area contributed by atoms with Gasteiger partial charge < -0.3 is 14.8 Å². The Balaban J connectivity index is 2.57. The van der Waals surface area contributed by atoms with Gasteiger partial charge in [-0.25, -0.2) is 0 Å². The predicted octanol–water partition coefficient (Wildman–Crippen LogP) is 1.79. The number of carbonyl (C=O) groups excluding carboxylic acids is 2. The van der Waals surface area contributed by atoms with Crippen molar-refractivity contribution in [3.8, 4) is 5.75 Å². The molecule has 0 saturated heterocycles. The van der Waals surface area contributed by atoms with Gasteiger partial charge in [0.2, 0.25) is 0 Å². The van der Waals surface area contributed by atoms with Crippen molar-refractivity contribution in [2.75, 3.05) is 26.9 Å². The van der Waals surface area contributed by atoms with Crippen LogP contribution in [0.15, 0.2) is 22.7 Å². The van der Waals surface area contributed by atoms with Crippen LogP contribution >= 0.6 is 15.9 Å². The molecule has 1 aromatic carbocycles. The summed E-state index contributed by atoms with van der Waals surface area (Å²) in [6.45, 7) is 2.19. The number of hydrogen-bond donors (Lipinski definition) is 1. The van der Waals surface area contributed by atoms with Crippen molar-refractivity contribution in [1.29, 1.82) is 0 Å². The third-order valence-corrected chi connectivity index (χ3v) is 2.80. The van der Waals surface area contributed by atoms with Gasteiger partial charge in [0.1, 0.15) is 5.75 Å². The van der Waals surface area contributed by atoms with Gasteiger partial charge in [-0.3, -0.25) is 9.59 Å². The lowest BCUT2D eigenvalue weighted by Gasteiger charge is -2.10. The predicted molar refractivity (Wildman–Crippen MR) is 74.5 cm³/mol. The number of halogens is 1. The normalized spacial score (nSPS) is 10.1. The highest BCUT2D eigenvalue weighted by Gasteiger charge is 2.10. The fraction of sp³-hybridized carbons (Fsp3) is 0.385. The van der Waals surface area contributed by atoms with E-state index in [2.05, 4.69) is 21.2 Å². The largest absolute Gasteiger partial charge is 0.483 e. The van der Waals surface area contributed by atoms with Crippen molar-refractivity contribution in [3.05, 3.63) is 28.2 Å². The van der Waals surface area contributed by atoms with E-state index in [4.69, 9.17) is 9.47 Å². The molecule has 0 aromatic heterocycles. The Labute approximate surface area is 120 Å². The standard InChI is InChI=1S/C13H16BrNO4/c1-9(16)11-7-10(14)3-4-12(11)19-8-13(17)15-5-6-18-2/h3-4,7H,5-6,8H2,1-2H3,(H,15,17). The van der Waals surface area contributed by atoms with E-state index in [1.807, 2.05) is 0 Å². The number of rotatable bonds is 7. The maximum atomic E-state index is 11.5. The monoisotopic (exact) mass is 329 g/mol. The van der Waals surface area contributed by atoms with Crippen LogP contribution in [0.1, 0.15) is 17.3 Å². The zero-order valence-electron chi connectivity index (χ0n) is 10.9. The summed E-state index contributed by atoms with van der Waals surface area (Å²) in [5.41, 5.74) is 0.444. The van der Waals surface area contributed by atoms with Gasteiger partial charge in [-0.05, 0) is 25.1 Å². The minimum atomic E-state index is -0.255. The summed E-state index contributed by atoms with van der Waals surface area (Å²) in [4.78, 5) is 22.9. The Morgan fingerprint density at radius 1 is 1.37 bits per heavy atom. The average Bonchev–Trinajstić information content (AvgIpc) is 2.37. The highest BCUT2D eigenvalue weighted by Crippen LogP contribution is 2.23. The molecule has 104 valence electrons. The Morgan fingerprint density at radius 2 is 2.11 bits per heavy atom. The summed E-state index contributed by atoms with van der Waals surface area (Å²) >= 11 is 3.29. The molecule has 0 fully saturated rings. The SMILES string of the molecule is COCCNC(=O)COc1ccc(Br)cc1C(C)=O. The summed E-state index contributed by atoms with van der Waals surface area (Å²) < 4.78 is 11.0. The van der Waals surface area contributed by atoms with Crippen molar-refractivity contribution < 1.29 is 19.1 Å². The van der Waals surface area contributed by atoms with Crippen LogP contribution in [0.5, 0.6) is 5.75 Å². The smallest absolute Gasteiger partial charge is 0.258 e. The Morgan fingerprint density at radius 3 is 2.74 bits per heavy atom. The molecule has 1 rings (SSSR count). The van der Waals surface area contributed by atoms with Gasteiger partial charge in [-0.2, -0.15) is 0 Å². The molecule has 6 heteroatoms. The molecule has 1 amide bonds. The van der Waals surface area contributed by atoms with Crippen LogP contribution in [-0.4, -0.2) is 38.6 Å². The first kappa shape index (κ1) is 15.7. The number of ketones is 1. The van der Waals surface area contributed by atoms with E-state index < -0.39 is 0 Å². The lowest BCUT2D eigenvalue weighted by molar-refractivity contribution is -0.123. The summed E-state index contributed by atoms with van der Waals surface area (Å²) in [6, 6.07) is 5.08. The number of carbonyl (C=O) groups is 2. The zero-order chi connectivity index (χ0) is 14.3. The Kier molecular flexibility index (Phi) is 6.52. The van der Waals surface area contributed by atoms with Crippen molar-refractivity contribution in [2.24, 2.45) is 0 Å². The van der Waals surface area contributed by atoms with Crippen molar-refractivity contribution >= 4 is 27.6 Å².